The molecule has 8 nitrogen and oxygen atoms in total. The summed E-state index contributed by atoms with van der Waals surface area (Å²) >= 11 is 0. The molecule has 2 heterocycles. The lowest BCUT2D eigenvalue weighted by Gasteiger charge is -2.16. The summed E-state index contributed by atoms with van der Waals surface area (Å²) in [5.74, 6) is -4.24. The van der Waals surface area contributed by atoms with Gasteiger partial charge in [0.1, 0.15) is 0 Å². The van der Waals surface area contributed by atoms with Crippen LogP contribution in [-0.4, -0.2) is 39.5 Å². The first kappa shape index (κ1) is 19.7. The normalized spacial score (nSPS) is 12.0. The van der Waals surface area contributed by atoms with E-state index >= 15 is 0 Å². The second kappa shape index (κ2) is 7.32. The van der Waals surface area contributed by atoms with Crippen molar-refractivity contribution < 1.29 is 13.6 Å². The maximum absolute atomic E-state index is 13.3. The number of hydrogen-bond acceptors (Lipinski definition) is 5. The number of halogens is 2. The van der Waals surface area contributed by atoms with Crippen LogP contribution < -0.4 is 22.3 Å². The average molecular weight is 369 g/mol. The molecule has 26 heavy (non-hydrogen) atoms. The van der Waals surface area contributed by atoms with Gasteiger partial charge in [0.2, 0.25) is 0 Å². The number of aromatic amines is 1. The van der Waals surface area contributed by atoms with E-state index in [0.29, 0.717) is 5.69 Å². The minimum absolute atomic E-state index is 0.0446. The van der Waals surface area contributed by atoms with Gasteiger partial charge in [0.15, 0.2) is 5.65 Å². The molecular formula is C16H21F2N5O3. The van der Waals surface area contributed by atoms with E-state index in [-0.39, 0.29) is 29.1 Å². The van der Waals surface area contributed by atoms with Crippen LogP contribution in [0.2, 0.25) is 0 Å². The van der Waals surface area contributed by atoms with Gasteiger partial charge in [0.05, 0.1) is 24.0 Å². The van der Waals surface area contributed by atoms with Crippen molar-refractivity contribution in [1.29, 1.82) is 0 Å². The maximum Gasteiger partial charge on any atom is 0.329 e. The van der Waals surface area contributed by atoms with Gasteiger partial charge >= 0.3 is 5.69 Å². The van der Waals surface area contributed by atoms with Crippen LogP contribution >= 0.6 is 0 Å². The second-order valence-corrected chi connectivity index (χ2v) is 6.19. The van der Waals surface area contributed by atoms with Crippen molar-refractivity contribution in [2.75, 3.05) is 13.1 Å². The number of pyridine rings is 1. The molecular weight excluding hydrogens is 348 g/mol. The molecule has 0 saturated heterocycles. The number of carbonyl (C=O) groups is 1. The Morgan fingerprint density at radius 1 is 1.42 bits per heavy atom. The van der Waals surface area contributed by atoms with Gasteiger partial charge in [-0.15, -0.1) is 0 Å². The fourth-order valence-corrected chi connectivity index (χ4v) is 2.44. The SMILES string of the molecule is CCn1c(=O)[nH]c(=O)c2c(C(=O)NCC(F)(F)CN)cc(C(C)C)nc21. The fraction of sp³-hybridized carbons (Fsp3) is 0.500. The number of aromatic nitrogens is 3. The Morgan fingerprint density at radius 2 is 2.08 bits per heavy atom. The van der Waals surface area contributed by atoms with Crippen molar-refractivity contribution in [1.82, 2.24) is 19.9 Å². The largest absolute Gasteiger partial charge is 0.346 e. The molecule has 0 aliphatic carbocycles. The lowest BCUT2D eigenvalue weighted by atomic mass is 10.0. The van der Waals surface area contributed by atoms with Crippen molar-refractivity contribution in [3.8, 4) is 0 Å². The Balaban J connectivity index is 2.70. The summed E-state index contributed by atoms with van der Waals surface area (Å²) in [5.41, 5.74) is 3.90. The molecule has 4 N–H and O–H groups in total. The van der Waals surface area contributed by atoms with E-state index < -0.39 is 36.2 Å². The number of rotatable bonds is 6. The lowest BCUT2D eigenvalue weighted by Crippen LogP contribution is -2.42. The molecule has 10 heteroatoms. The van der Waals surface area contributed by atoms with Crippen molar-refractivity contribution in [3.63, 3.8) is 0 Å². The topological polar surface area (TPSA) is 123 Å². The van der Waals surface area contributed by atoms with Crippen LogP contribution in [0.3, 0.4) is 0 Å². The molecule has 2 aromatic rings. The maximum atomic E-state index is 13.3. The molecule has 0 atom stereocenters. The zero-order chi connectivity index (χ0) is 19.6. The van der Waals surface area contributed by atoms with E-state index in [1.54, 1.807) is 6.92 Å². The molecule has 2 aromatic heterocycles. The zero-order valence-electron chi connectivity index (χ0n) is 14.7. The summed E-state index contributed by atoms with van der Waals surface area (Å²) in [6, 6.07) is 1.38. The molecule has 2 rings (SSSR count). The molecule has 0 aliphatic rings. The highest BCUT2D eigenvalue weighted by atomic mass is 19.3. The average Bonchev–Trinajstić information content (AvgIpc) is 2.58. The molecule has 0 bridgehead atoms. The van der Waals surface area contributed by atoms with Crippen molar-refractivity contribution >= 4 is 16.9 Å². The third kappa shape index (κ3) is 3.79. The first-order chi connectivity index (χ1) is 12.1. The van der Waals surface area contributed by atoms with Crippen LogP contribution in [0.15, 0.2) is 15.7 Å². The number of alkyl halides is 2. The number of nitrogens with one attached hydrogen (secondary N) is 2. The van der Waals surface area contributed by atoms with Gasteiger partial charge in [-0.1, -0.05) is 13.8 Å². The Kier molecular flexibility index (Phi) is 5.55. The van der Waals surface area contributed by atoms with E-state index in [9.17, 15) is 23.2 Å². The van der Waals surface area contributed by atoms with Crippen LogP contribution in [0.1, 0.15) is 42.7 Å². The monoisotopic (exact) mass is 369 g/mol. The minimum Gasteiger partial charge on any atom is -0.346 e. The third-order valence-electron chi connectivity index (χ3n) is 3.93. The Hall–Kier alpha value is -2.62. The van der Waals surface area contributed by atoms with Crippen LogP contribution in [0.25, 0.3) is 11.0 Å². The number of nitrogens with two attached hydrogens (primary N) is 1. The van der Waals surface area contributed by atoms with Gasteiger partial charge < -0.3 is 11.1 Å². The number of nitrogens with zero attached hydrogens (tertiary/aromatic N) is 2. The van der Waals surface area contributed by atoms with E-state index in [1.807, 2.05) is 13.8 Å². The summed E-state index contributed by atoms with van der Waals surface area (Å²) in [6.07, 6.45) is 0. The van der Waals surface area contributed by atoms with Gasteiger partial charge in [0, 0.05) is 12.2 Å². The first-order valence-electron chi connectivity index (χ1n) is 8.15. The molecule has 0 radical (unpaired) electrons. The molecule has 1 amide bonds. The summed E-state index contributed by atoms with van der Waals surface area (Å²) in [6.45, 7) is 3.66. The Labute approximate surface area is 147 Å². The van der Waals surface area contributed by atoms with Crippen molar-refractivity contribution in [3.05, 3.63) is 38.2 Å². The quantitative estimate of drug-likeness (QED) is 0.686. The molecule has 0 saturated carbocycles. The summed E-state index contributed by atoms with van der Waals surface area (Å²) in [4.78, 5) is 43.2. The number of aryl methyl sites for hydroxylation is 1. The Bertz CT molecular complexity index is 949. The van der Waals surface area contributed by atoms with Crippen LogP contribution in [0.4, 0.5) is 8.78 Å². The van der Waals surface area contributed by atoms with Gasteiger partial charge in [-0.05, 0) is 18.9 Å². The highest BCUT2D eigenvalue weighted by molar-refractivity contribution is 6.05. The van der Waals surface area contributed by atoms with E-state index in [1.165, 1.54) is 10.6 Å². The number of carbonyl (C=O) groups excluding carboxylic acids is 1. The Morgan fingerprint density at radius 3 is 2.62 bits per heavy atom. The van der Waals surface area contributed by atoms with Crippen molar-refractivity contribution in [2.24, 2.45) is 5.73 Å². The fourth-order valence-electron chi connectivity index (χ4n) is 2.44. The van der Waals surface area contributed by atoms with E-state index in [2.05, 4.69) is 15.3 Å². The van der Waals surface area contributed by atoms with Crippen molar-refractivity contribution in [2.45, 2.75) is 39.2 Å². The highest BCUT2D eigenvalue weighted by Gasteiger charge is 2.28. The molecule has 0 fully saturated rings. The standard InChI is InChI=1S/C16H21F2N5O3/c1-4-23-12-11(14(25)22-15(23)26)9(5-10(21-12)8(2)3)13(24)20-7-16(17,18)6-19/h5,8H,4,6-7,19H2,1-3H3,(H,20,24)(H,22,25,26). The molecule has 0 unspecified atom stereocenters. The molecule has 0 spiro atoms. The van der Waals surface area contributed by atoms with Crippen LogP contribution in [0.5, 0.6) is 0 Å². The minimum atomic E-state index is -3.27. The van der Waals surface area contributed by atoms with Crippen LogP contribution in [-0.2, 0) is 6.54 Å². The van der Waals surface area contributed by atoms with Gasteiger partial charge in [-0.3, -0.25) is 19.1 Å². The van der Waals surface area contributed by atoms with Gasteiger partial charge in [-0.25, -0.2) is 18.6 Å². The lowest BCUT2D eigenvalue weighted by molar-refractivity contribution is 0.0119. The number of fused-ring (bicyclic) bond motifs is 1. The number of hydrogen-bond donors (Lipinski definition) is 3. The second-order valence-electron chi connectivity index (χ2n) is 6.19. The number of amides is 1. The summed E-state index contributed by atoms with van der Waals surface area (Å²) in [5, 5.41) is 1.97. The number of H-pyrrole nitrogens is 1. The molecule has 0 aromatic carbocycles. The summed E-state index contributed by atoms with van der Waals surface area (Å²) in [7, 11) is 0. The zero-order valence-corrected chi connectivity index (χ0v) is 14.7. The highest BCUT2D eigenvalue weighted by Crippen LogP contribution is 2.20. The molecule has 142 valence electrons. The summed E-state index contributed by atoms with van der Waals surface area (Å²) < 4.78 is 27.9. The van der Waals surface area contributed by atoms with Crippen LogP contribution in [0, 0.1) is 0 Å². The van der Waals surface area contributed by atoms with Gasteiger partial charge in [0.25, 0.3) is 17.4 Å². The third-order valence-corrected chi connectivity index (χ3v) is 3.93. The predicted molar refractivity (Wildman–Crippen MR) is 92.7 cm³/mol. The predicted octanol–water partition coefficient (Wildman–Crippen LogP) is 0.552. The van der Waals surface area contributed by atoms with E-state index in [0.717, 1.165) is 0 Å². The van der Waals surface area contributed by atoms with Gasteiger partial charge in [-0.2, -0.15) is 0 Å². The van der Waals surface area contributed by atoms with E-state index in [4.69, 9.17) is 5.73 Å². The smallest absolute Gasteiger partial charge is 0.329 e. The first-order valence-corrected chi connectivity index (χ1v) is 8.15. The molecule has 0 aliphatic heterocycles.